The highest BCUT2D eigenvalue weighted by atomic mass is 32.2. The molecule has 0 saturated heterocycles. The van der Waals surface area contributed by atoms with Gasteiger partial charge in [0.1, 0.15) is 0 Å². The van der Waals surface area contributed by atoms with Gasteiger partial charge in [-0.05, 0) is 12.1 Å². The molecule has 0 unspecified atom stereocenters. The van der Waals surface area contributed by atoms with Crippen molar-refractivity contribution in [1.82, 2.24) is 9.97 Å². The minimum atomic E-state index is -0.0541. The van der Waals surface area contributed by atoms with Crippen molar-refractivity contribution in [2.45, 2.75) is 30.5 Å². The smallest absolute Gasteiger partial charge is 0.236 e. The zero-order valence-corrected chi connectivity index (χ0v) is 15.6. The molecule has 0 radical (unpaired) electrons. The monoisotopic (exact) mass is 363 g/mol. The molecule has 1 amide bonds. The molecule has 7 heteroatoms. The van der Waals surface area contributed by atoms with E-state index >= 15 is 0 Å². The lowest BCUT2D eigenvalue weighted by Gasteiger charge is -2.14. The predicted octanol–water partition coefficient (Wildman–Crippen LogP) is 4.78. The molecule has 120 valence electrons. The highest BCUT2D eigenvalue weighted by Crippen LogP contribution is 2.30. The van der Waals surface area contributed by atoms with Crippen LogP contribution in [0.5, 0.6) is 0 Å². The van der Waals surface area contributed by atoms with E-state index < -0.39 is 0 Å². The molecule has 0 aliphatic carbocycles. The number of para-hydroxylation sites is 1. The summed E-state index contributed by atoms with van der Waals surface area (Å²) in [6.45, 7) is 6.41. The molecule has 1 N–H and O–H groups in total. The lowest BCUT2D eigenvalue weighted by Crippen LogP contribution is -2.14. The number of aromatic nitrogens is 2. The number of fused-ring (bicyclic) bond motifs is 1. The van der Waals surface area contributed by atoms with Crippen LogP contribution in [0.2, 0.25) is 0 Å². The van der Waals surface area contributed by atoms with Crippen molar-refractivity contribution in [1.29, 1.82) is 0 Å². The van der Waals surface area contributed by atoms with Gasteiger partial charge in [0.25, 0.3) is 0 Å². The quantitative estimate of drug-likeness (QED) is 0.678. The molecule has 0 spiro atoms. The third kappa shape index (κ3) is 4.10. The second kappa shape index (κ2) is 6.59. The highest BCUT2D eigenvalue weighted by molar-refractivity contribution is 8.01. The van der Waals surface area contributed by atoms with E-state index in [0.717, 1.165) is 20.3 Å². The van der Waals surface area contributed by atoms with Crippen LogP contribution in [0, 0.1) is 0 Å². The van der Waals surface area contributed by atoms with Gasteiger partial charge in [-0.25, -0.2) is 9.97 Å². The van der Waals surface area contributed by atoms with Gasteiger partial charge in [-0.3, -0.25) is 4.79 Å². The first kappa shape index (κ1) is 16.4. The molecular weight excluding hydrogens is 346 g/mol. The van der Waals surface area contributed by atoms with Gasteiger partial charge < -0.3 is 5.32 Å². The molecule has 0 aliphatic heterocycles. The van der Waals surface area contributed by atoms with Gasteiger partial charge in [0.2, 0.25) is 5.91 Å². The number of hydrogen-bond acceptors (Lipinski definition) is 6. The summed E-state index contributed by atoms with van der Waals surface area (Å²) < 4.78 is 2.00. The fraction of sp³-hybridized carbons (Fsp3) is 0.312. The fourth-order valence-corrected chi connectivity index (χ4v) is 4.61. The number of thioether (sulfide) groups is 1. The molecule has 23 heavy (non-hydrogen) atoms. The molecule has 0 aliphatic rings. The van der Waals surface area contributed by atoms with Gasteiger partial charge in [-0.2, -0.15) is 0 Å². The van der Waals surface area contributed by atoms with Crippen LogP contribution in [0.4, 0.5) is 5.13 Å². The Hall–Kier alpha value is -1.44. The number of anilines is 1. The van der Waals surface area contributed by atoms with Crippen LogP contribution in [0.15, 0.2) is 34.0 Å². The third-order valence-electron chi connectivity index (χ3n) is 3.12. The number of nitrogens with zero attached hydrogens (tertiary/aromatic N) is 2. The summed E-state index contributed by atoms with van der Waals surface area (Å²) in [6, 6.07) is 7.86. The number of benzene rings is 1. The normalized spacial score (nSPS) is 11.8. The lowest BCUT2D eigenvalue weighted by atomic mass is 9.93. The van der Waals surface area contributed by atoms with Crippen molar-refractivity contribution in [3.8, 4) is 0 Å². The first-order valence-corrected chi connectivity index (χ1v) is 9.84. The van der Waals surface area contributed by atoms with Crippen LogP contribution in [0.3, 0.4) is 0 Å². The number of thiazole rings is 2. The summed E-state index contributed by atoms with van der Waals surface area (Å²) >= 11 is 4.54. The molecular formula is C16H17N3OS3. The summed E-state index contributed by atoms with van der Waals surface area (Å²) in [6.07, 6.45) is 0. The molecule has 1 aromatic carbocycles. The van der Waals surface area contributed by atoms with E-state index in [1.165, 1.54) is 23.1 Å². The maximum atomic E-state index is 12.1. The second-order valence-corrected chi connectivity index (χ2v) is 9.18. The van der Waals surface area contributed by atoms with Gasteiger partial charge in [-0.1, -0.05) is 56.0 Å². The van der Waals surface area contributed by atoms with Crippen LogP contribution in [0.25, 0.3) is 10.2 Å². The van der Waals surface area contributed by atoms with Gasteiger partial charge >= 0.3 is 0 Å². The van der Waals surface area contributed by atoms with Crippen molar-refractivity contribution in [2.75, 3.05) is 11.1 Å². The Kier molecular flexibility index (Phi) is 4.70. The van der Waals surface area contributed by atoms with Crippen LogP contribution in [-0.4, -0.2) is 21.6 Å². The summed E-state index contributed by atoms with van der Waals surface area (Å²) in [5, 5.41) is 5.57. The molecule has 4 nitrogen and oxygen atoms in total. The van der Waals surface area contributed by atoms with E-state index in [9.17, 15) is 4.79 Å². The van der Waals surface area contributed by atoms with Crippen LogP contribution < -0.4 is 5.32 Å². The standard InChI is InChI=1S/C16H17N3OS3/c1-16(2,3)12-8-21-15(18-12)22-9-13(20)19-14-17-10-6-4-5-7-11(10)23-14/h4-8H,9H2,1-3H3,(H,17,19,20). The van der Waals surface area contributed by atoms with Crippen molar-refractivity contribution >= 4 is 55.7 Å². The van der Waals surface area contributed by atoms with Crippen molar-refractivity contribution in [3.05, 3.63) is 35.3 Å². The van der Waals surface area contributed by atoms with E-state index in [0.29, 0.717) is 10.9 Å². The highest BCUT2D eigenvalue weighted by Gasteiger charge is 2.18. The van der Waals surface area contributed by atoms with Crippen LogP contribution >= 0.6 is 34.4 Å². The Labute approximate surface area is 147 Å². The molecule has 0 saturated carbocycles. The van der Waals surface area contributed by atoms with Crippen molar-refractivity contribution in [3.63, 3.8) is 0 Å². The van der Waals surface area contributed by atoms with Crippen LogP contribution in [-0.2, 0) is 10.2 Å². The summed E-state index contributed by atoms with van der Waals surface area (Å²) in [5.74, 6) is 0.286. The van der Waals surface area contributed by atoms with E-state index in [-0.39, 0.29) is 11.3 Å². The Morgan fingerprint density at radius 2 is 2.04 bits per heavy atom. The molecule has 0 fully saturated rings. The van der Waals surface area contributed by atoms with E-state index in [4.69, 9.17) is 0 Å². The van der Waals surface area contributed by atoms with E-state index in [1.54, 1.807) is 11.3 Å². The SMILES string of the molecule is CC(C)(C)c1csc(SCC(=O)Nc2nc3ccccc3s2)n1. The first-order valence-electron chi connectivity index (χ1n) is 7.16. The van der Waals surface area contributed by atoms with Gasteiger partial charge in [0, 0.05) is 10.8 Å². The third-order valence-corrected chi connectivity index (χ3v) is 6.09. The Morgan fingerprint density at radius 3 is 2.74 bits per heavy atom. The topological polar surface area (TPSA) is 54.9 Å². The first-order chi connectivity index (χ1) is 10.9. The Balaban J connectivity index is 1.58. The number of carbonyl (C=O) groups excluding carboxylic acids is 1. The second-order valence-electron chi connectivity index (χ2n) is 6.07. The molecule has 3 aromatic rings. The summed E-state index contributed by atoms with van der Waals surface area (Å²) in [4.78, 5) is 21.1. The molecule has 3 rings (SSSR count). The number of rotatable bonds is 4. The zero-order chi connectivity index (χ0) is 16.4. The molecule has 2 aromatic heterocycles. The van der Waals surface area contributed by atoms with Crippen molar-refractivity contribution < 1.29 is 4.79 Å². The lowest BCUT2D eigenvalue weighted by molar-refractivity contribution is -0.113. The van der Waals surface area contributed by atoms with Gasteiger partial charge in [0.15, 0.2) is 9.47 Å². The summed E-state index contributed by atoms with van der Waals surface area (Å²) in [5.41, 5.74) is 2.02. The molecule has 0 atom stereocenters. The Morgan fingerprint density at radius 1 is 1.26 bits per heavy atom. The minimum Gasteiger partial charge on any atom is -0.301 e. The van der Waals surface area contributed by atoms with Gasteiger partial charge in [-0.15, -0.1) is 11.3 Å². The average Bonchev–Trinajstić information content (AvgIpc) is 3.10. The predicted molar refractivity (Wildman–Crippen MR) is 99.8 cm³/mol. The number of carbonyl (C=O) groups is 1. The van der Waals surface area contributed by atoms with Gasteiger partial charge in [0.05, 0.1) is 21.7 Å². The average molecular weight is 364 g/mol. The minimum absolute atomic E-state index is 0.0402. The number of amides is 1. The summed E-state index contributed by atoms with van der Waals surface area (Å²) in [7, 11) is 0. The Bertz CT molecular complexity index is 799. The number of nitrogens with one attached hydrogen (secondary N) is 1. The fourth-order valence-electron chi connectivity index (χ4n) is 1.88. The number of hydrogen-bond donors (Lipinski definition) is 1. The maximum Gasteiger partial charge on any atom is 0.236 e. The molecule has 0 bridgehead atoms. The molecule has 2 heterocycles. The van der Waals surface area contributed by atoms with E-state index in [1.807, 2.05) is 24.3 Å². The maximum absolute atomic E-state index is 12.1. The van der Waals surface area contributed by atoms with Crippen LogP contribution in [0.1, 0.15) is 26.5 Å². The van der Waals surface area contributed by atoms with E-state index in [2.05, 4.69) is 41.4 Å². The largest absolute Gasteiger partial charge is 0.301 e. The van der Waals surface area contributed by atoms with Crippen molar-refractivity contribution in [2.24, 2.45) is 0 Å². The zero-order valence-electron chi connectivity index (χ0n) is 13.1.